The van der Waals surface area contributed by atoms with Crippen LogP contribution in [0.3, 0.4) is 0 Å². The van der Waals surface area contributed by atoms with Crippen molar-refractivity contribution >= 4 is 19.7 Å². The second kappa shape index (κ2) is 53.4. The molecule has 0 saturated carbocycles. The van der Waals surface area contributed by atoms with Crippen LogP contribution >= 0.6 is 7.82 Å². The predicted molar refractivity (Wildman–Crippen MR) is 314 cm³/mol. The molecule has 3 atom stereocenters. The van der Waals surface area contributed by atoms with Crippen molar-refractivity contribution in [3.05, 3.63) is 48.6 Å². The number of nitrogens with one attached hydrogen (secondary N) is 1. The largest absolute Gasteiger partial charge is 0.472 e. The quantitative estimate of drug-likeness (QED) is 0.0205. The van der Waals surface area contributed by atoms with Crippen molar-refractivity contribution in [2.75, 3.05) is 40.9 Å². The third kappa shape index (κ3) is 54.6. The molecule has 9 nitrogen and oxygen atoms in total. The van der Waals surface area contributed by atoms with E-state index in [1.54, 1.807) is 0 Å². The van der Waals surface area contributed by atoms with E-state index in [0.717, 1.165) is 89.9 Å². The summed E-state index contributed by atoms with van der Waals surface area (Å²) < 4.78 is 30.7. The molecule has 0 aromatic heterocycles. The van der Waals surface area contributed by atoms with E-state index in [1.165, 1.54) is 167 Å². The Kier molecular flexibility index (Phi) is 51.9. The number of carbonyl (C=O) groups excluding carboxylic acids is 2. The lowest BCUT2D eigenvalue weighted by Crippen LogP contribution is -2.47. The molecule has 10 heteroatoms. The zero-order valence-electron chi connectivity index (χ0n) is 48.9. The van der Waals surface area contributed by atoms with Crippen molar-refractivity contribution in [2.24, 2.45) is 0 Å². The van der Waals surface area contributed by atoms with E-state index in [9.17, 15) is 19.0 Å². The third-order valence-corrected chi connectivity index (χ3v) is 14.7. The highest BCUT2D eigenvalue weighted by Gasteiger charge is 2.30. The number of ether oxygens (including phenoxy) is 1. The van der Waals surface area contributed by atoms with Gasteiger partial charge in [0, 0.05) is 12.8 Å². The van der Waals surface area contributed by atoms with Crippen LogP contribution in [0, 0.1) is 0 Å². The molecule has 0 aliphatic rings. The Morgan fingerprint density at radius 3 is 1.32 bits per heavy atom. The van der Waals surface area contributed by atoms with E-state index in [4.69, 9.17) is 13.8 Å². The molecule has 0 rings (SSSR count). The van der Waals surface area contributed by atoms with Crippen LogP contribution in [0.15, 0.2) is 48.6 Å². The summed E-state index contributed by atoms with van der Waals surface area (Å²) >= 11 is 0. The summed E-state index contributed by atoms with van der Waals surface area (Å²) in [6.45, 7) is 6.96. The smallest absolute Gasteiger partial charge is 0.456 e. The summed E-state index contributed by atoms with van der Waals surface area (Å²) in [5.41, 5.74) is 0. The van der Waals surface area contributed by atoms with Gasteiger partial charge in [0.15, 0.2) is 0 Å². The molecule has 428 valence electrons. The van der Waals surface area contributed by atoms with Crippen molar-refractivity contribution in [3.63, 3.8) is 0 Å². The van der Waals surface area contributed by atoms with Crippen molar-refractivity contribution in [1.29, 1.82) is 0 Å². The maximum atomic E-state index is 13.5. The molecule has 0 aliphatic carbocycles. The third-order valence-electron chi connectivity index (χ3n) is 13.7. The molecular formula is C63H120N2O7P+. The average molecular weight is 1050 g/mol. The zero-order valence-corrected chi connectivity index (χ0v) is 49.8. The van der Waals surface area contributed by atoms with Gasteiger partial charge in [0.2, 0.25) is 5.91 Å². The molecular weight excluding hydrogens is 928 g/mol. The molecule has 0 fully saturated rings. The van der Waals surface area contributed by atoms with Crippen LogP contribution in [0.2, 0.25) is 0 Å². The Labute approximate surface area is 452 Å². The first-order chi connectivity index (χ1) is 35.4. The number of hydrogen-bond acceptors (Lipinski definition) is 6. The minimum atomic E-state index is -4.44. The van der Waals surface area contributed by atoms with Crippen LogP contribution in [0.1, 0.15) is 290 Å². The van der Waals surface area contributed by atoms with Crippen molar-refractivity contribution in [2.45, 2.75) is 303 Å². The SMILES string of the molecule is CCCC/C=C\CCCCCCCC(=O)NC(COP(=O)(O)OCC[N+](C)(C)C)C(/C=C\CCCCCCCCCCCCC)OC(=O)CCCCCCCCCCCCCCC/C=C\C/C=C\CCCCC. The summed E-state index contributed by atoms with van der Waals surface area (Å²) in [7, 11) is 1.50. The van der Waals surface area contributed by atoms with E-state index >= 15 is 0 Å². The maximum Gasteiger partial charge on any atom is 0.472 e. The number of likely N-dealkylation sites (N-methyl/N-ethyl adjacent to an activating group) is 1. The summed E-state index contributed by atoms with van der Waals surface area (Å²) in [6, 6.07) is -0.850. The first-order valence-corrected chi connectivity index (χ1v) is 32.5. The van der Waals surface area contributed by atoms with Gasteiger partial charge in [-0.05, 0) is 83.1 Å². The van der Waals surface area contributed by atoms with Crippen LogP contribution in [0.5, 0.6) is 0 Å². The maximum absolute atomic E-state index is 13.5. The minimum Gasteiger partial charge on any atom is -0.456 e. The summed E-state index contributed by atoms with van der Waals surface area (Å²) in [5.74, 6) is -0.510. The van der Waals surface area contributed by atoms with Gasteiger partial charge >= 0.3 is 13.8 Å². The van der Waals surface area contributed by atoms with Gasteiger partial charge in [-0.2, -0.15) is 0 Å². The van der Waals surface area contributed by atoms with Crippen LogP contribution in [0.25, 0.3) is 0 Å². The lowest BCUT2D eigenvalue weighted by atomic mass is 10.0. The Morgan fingerprint density at radius 2 is 0.849 bits per heavy atom. The summed E-state index contributed by atoms with van der Waals surface area (Å²) in [6.07, 6.45) is 65.4. The van der Waals surface area contributed by atoms with E-state index in [-0.39, 0.29) is 25.1 Å². The molecule has 3 unspecified atom stereocenters. The Balaban J connectivity index is 5.14. The summed E-state index contributed by atoms with van der Waals surface area (Å²) in [5, 5.41) is 3.05. The highest BCUT2D eigenvalue weighted by Crippen LogP contribution is 2.43. The normalized spacial score (nSPS) is 14.0. The lowest BCUT2D eigenvalue weighted by molar-refractivity contribution is -0.870. The molecule has 0 radical (unpaired) electrons. The number of quaternary nitrogens is 1. The van der Waals surface area contributed by atoms with E-state index in [1.807, 2.05) is 33.3 Å². The molecule has 1 amide bonds. The standard InChI is InChI=1S/C63H119N2O7P/c1-7-10-13-16-19-22-25-27-28-29-30-31-32-33-34-35-36-38-41-44-47-50-53-56-63(67)72-61(54-51-48-45-42-40-37-26-23-20-17-14-11-8-2)60(59-71-73(68,69)70-58-57-65(4,5)6)64-62(66)55-52-49-46-43-39-24-21-18-15-12-9-3/h18-19,21-22,27-28,51,54,60-61H,7-17,20,23-26,29-50,52-53,55-59H2,1-6H3,(H-,64,66,68,69)/p+1/b21-18-,22-19-,28-27-,54-51-. The van der Waals surface area contributed by atoms with Gasteiger partial charge in [0.25, 0.3) is 0 Å². The number of rotatable bonds is 56. The molecule has 0 aromatic carbocycles. The number of unbranched alkanes of at least 4 members (excludes halogenated alkanes) is 34. The van der Waals surface area contributed by atoms with Crippen molar-refractivity contribution < 1.29 is 37.3 Å². The Bertz CT molecular complexity index is 1390. The van der Waals surface area contributed by atoms with Crippen LogP contribution in [-0.2, 0) is 27.9 Å². The number of allylic oxidation sites excluding steroid dienone is 7. The number of hydrogen-bond donors (Lipinski definition) is 2. The average Bonchev–Trinajstić information content (AvgIpc) is 3.35. The molecule has 0 aromatic rings. The number of carbonyl (C=O) groups is 2. The molecule has 2 N–H and O–H groups in total. The number of esters is 1. The fourth-order valence-corrected chi connectivity index (χ4v) is 9.63. The van der Waals surface area contributed by atoms with Gasteiger partial charge in [-0.15, -0.1) is 0 Å². The molecule has 0 heterocycles. The van der Waals surface area contributed by atoms with E-state index in [0.29, 0.717) is 23.9 Å². The monoisotopic (exact) mass is 1050 g/mol. The molecule has 0 saturated heterocycles. The number of amides is 1. The highest BCUT2D eigenvalue weighted by molar-refractivity contribution is 7.47. The zero-order chi connectivity index (χ0) is 53.6. The van der Waals surface area contributed by atoms with Crippen LogP contribution in [0.4, 0.5) is 0 Å². The number of phosphoric ester groups is 1. The lowest BCUT2D eigenvalue weighted by Gasteiger charge is -2.27. The first kappa shape index (κ1) is 71.0. The van der Waals surface area contributed by atoms with Gasteiger partial charge in [0.05, 0.1) is 33.8 Å². The minimum absolute atomic E-state index is 0.0392. The highest BCUT2D eigenvalue weighted by atomic mass is 31.2. The summed E-state index contributed by atoms with van der Waals surface area (Å²) in [4.78, 5) is 37.6. The Morgan fingerprint density at radius 1 is 0.479 bits per heavy atom. The number of nitrogens with zero attached hydrogens (tertiary/aromatic N) is 1. The van der Waals surface area contributed by atoms with Crippen molar-refractivity contribution in [3.8, 4) is 0 Å². The molecule has 0 bridgehead atoms. The van der Waals surface area contributed by atoms with E-state index in [2.05, 4.69) is 62.5 Å². The van der Waals surface area contributed by atoms with Crippen LogP contribution < -0.4 is 5.32 Å². The molecule has 0 aliphatic heterocycles. The van der Waals surface area contributed by atoms with E-state index < -0.39 is 20.0 Å². The van der Waals surface area contributed by atoms with Gasteiger partial charge in [0.1, 0.15) is 19.3 Å². The fraction of sp³-hybridized carbons (Fsp3) is 0.841. The van der Waals surface area contributed by atoms with Gasteiger partial charge in [-0.1, -0.05) is 243 Å². The van der Waals surface area contributed by atoms with Gasteiger partial charge < -0.3 is 19.4 Å². The second-order valence-electron chi connectivity index (χ2n) is 22.2. The van der Waals surface area contributed by atoms with Gasteiger partial charge in [-0.3, -0.25) is 18.6 Å². The number of phosphoric acid groups is 1. The Hall–Kier alpha value is -2.03. The fourth-order valence-electron chi connectivity index (χ4n) is 8.89. The van der Waals surface area contributed by atoms with Crippen LogP contribution in [-0.4, -0.2) is 74.3 Å². The molecule has 73 heavy (non-hydrogen) atoms. The van der Waals surface area contributed by atoms with Gasteiger partial charge in [-0.25, -0.2) is 4.57 Å². The second-order valence-corrected chi connectivity index (χ2v) is 23.7. The van der Waals surface area contributed by atoms with Crippen molar-refractivity contribution in [1.82, 2.24) is 5.32 Å². The first-order valence-electron chi connectivity index (χ1n) is 31.0. The molecule has 0 spiro atoms. The topological polar surface area (TPSA) is 111 Å². The predicted octanol–water partition coefficient (Wildman–Crippen LogP) is 18.9.